The first-order valence-electron chi connectivity index (χ1n) is 6.85. The predicted octanol–water partition coefficient (Wildman–Crippen LogP) is 1.36. The number of hydrogen-bond acceptors (Lipinski definition) is 5. The van der Waals surface area contributed by atoms with Gasteiger partial charge in [0.05, 0.1) is 4.92 Å². The van der Waals surface area contributed by atoms with Crippen molar-refractivity contribution in [1.29, 1.82) is 0 Å². The number of nitrogens with zero attached hydrogens (tertiary/aromatic N) is 2. The van der Waals surface area contributed by atoms with Crippen LogP contribution < -0.4 is 4.72 Å². The molecule has 8 heteroatoms. The van der Waals surface area contributed by atoms with Crippen LogP contribution in [0.4, 0.5) is 5.69 Å². The first kappa shape index (κ1) is 15.9. The lowest BCUT2D eigenvalue weighted by Gasteiger charge is -2.19. The average molecular weight is 313 g/mol. The fourth-order valence-corrected chi connectivity index (χ4v) is 3.83. The standard InChI is InChI=1S/C13H19N3O4S/c1-15-10-4-5-11(15)8-9-14-21(19,20)13-7-3-2-6-12(13)16(17)18/h2-3,6-7,11,14H,4-5,8-10H2,1H3. The van der Waals surface area contributed by atoms with Gasteiger partial charge in [-0.1, -0.05) is 12.1 Å². The van der Waals surface area contributed by atoms with E-state index in [0.717, 1.165) is 19.4 Å². The molecule has 0 aliphatic carbocycles. The van der Waals surface area contributed by atoms with E-state index in [1.165, 1.54) is 24.3 Å². The lowest BCUT2D eigenvalue weighted by Crippen LogP contribution is -2.32. The zero-order chi connectivity index (χ0) is 15.5. The van der Waals surface area contributed by atoms with Crippen LogP contribution in [0.15, 0.2) is 29.2 Å². The predicted molar refractivity (Wildman–Crippen MR) is 78.6 cm³/mol. The van der Waals surface area contributed by atoms with Crippen molar-refractivity contribution in [2.24, 2.45) is 0 Å². The van der Waals surface area contributed by atoms with Gasteiger partial charge in [0.15, 0.2) is 4.90 Å². The maximum Gasteiger partial charge on any atom is 0.289 e. The third-order valence-electron chi connectivity index (χ3n) is 3.79. The van der Waals surface area contributed by atoms with Gasteiger partial charge in [0, 0.05) is 18.7 Å². The highest BCUT2D eigenvalue weighted by molar-refractivity contribution is 7.89. The Balaban J connectivity index is 2.03. The number of likely N-dealkylation sites (tertiary alicyclic amines) is 1. The van der Waals surface area contributed by atoms with Gasteiger partial charge >= 0.3 is 0 Å². The minimum absolute atomic E-state index is 0.281. The molecule has 0 bridgehead atoms. The number of nitro benzene ring substituents is 1. The van der Waals surface area contributed by atoms with E-state index < -0.39 is 20.6 Å². The van der Waals surface area contributed by atoms with E-state index >= 15 is 0 Å². The Hall–Kier alpha value is -1.51. The van der Waals surface area contributed by atoms with Crippen molar-refractivity contribution >= 4 is 15.7 Å². The fourth-order valence-electron chi connectivity index (χ4n) is 2.62. The maximum absolute atomic E-state index is 12.2. The quantitative estimate of drug-likeness (QED) is 0.632. The van der Waals surface area contributed by atoms with Crippen molar-refractivity contribution in [1.82, 2.24) is 9.62 Å². The average Bonchev–Trinajstić information content (AvgIpc) is 2.84. The molecule has 1 aromatic carbocycles. The number of nitrogens with one attached hydrogen (secondary N) is 1. The molecule has 116 valence electrons. The highest BCUT2D eigenvalue weighted by atomic mass is 32.2. The van der Waals surface area contributed by atoms with E-state index in [9.17, 15) is 18.5 Å². The Morgan fingerprint density at radius 2 is 2.14 bits per heavy atom. The van der Waals surface area contributed by atoms with E-state index in [2.05, 4.69) is 9.62 Å². The van der Waals surface area contributed by atoms with Crippen molar-refractivity contribution in [2.45, 2.75) is 30.2 Å². The highest BCUT2D eigenvalue weighted by Crippen LogP contribution is 2.23. The van der Waals surface area contributed by atoms with Gasteiger partial charge in [-0.3, -0.25) is 10.1 Å². The Bertz CT molecular complexity index is 618. The molecular weight excluding hydrogens is 294 g/mol. The summed E-state index contributed by atoms with van der Waals surface area (Å²) in [6.45, 7) is 1.31. The second kappa shape index (κ2) is 6.50. The van der Waals surface area contributed by atoms with Crippen LogP contribution in [0.1, 0.15) is 19.3 Å². The van der Waals surface area contributed by atoms with Crippen LogP contribution in [0.25, 0.3) is 0 Å². The van der Waals surface area contributed by atoms with Crippen LogP contribution in [0, 0.1) is 10.1 Å². The molecule has 7 nitrogen and oxygen atoms in total. The van der Waals surface area contributed by atoms with Crippen molar-refractivity contribution < 1.29 is 13.3 Å². The van der Waals surface area contributed by atoms with Crippen molar-refractivity contribution in [3.05, 3.63) is 34.4 Å². The van der Waals surface area contributed by atoms with Gasteiger partial charge in [0.1, 0.15) is 0 Å². The number of nitro groups is 1. The summed E-state index contributed by atoms with van der Waals surface area (Å²) in [5.74, 6) is 0. The molecular formula is C13H19N3O4S. The number of sulfonamides is 1. The molecule has 1 saturated heterocycles. The lowest BCUT2D eigenvalue weighted by atomic mass is 10.1. The Kier molecular flexibility index (Phi) is 4.92. The molecule has 1 atom stereocenters. The SMILES string of the molecule is CN1CCCC1CCNS(=O)(=O)c1ccccc1[N+](=O)[O-]. The molecule has 1 fully saturated rings. The lowest BCUT2D eigenvalue weighted by molar-refractivity contribution is -0.387. The minimum Gasteiger partial charge on any atom is -0.303 e. The largest absolute Gasteiger partial charge is 0.303 e. The Morgan fingerprint density at radius 3 is 2.76 bits per heavy atom. The summed E-state index contributed by atoms with van der Waals surface area (Å²) in [6, 6.07) is 5.75. The van der Waals surface area contributed by atoms with E-state index in [1.807, 2.05) is 7.05 Å². The molecule has 0 saturated carbocycles. The molecule has 0 radical (unpaired) electrons. The summed E-state index contributed by atoms with van der Waals surface area (Å²) in [5.41, 5.74) is -0.400. The first-order valence-corrected chi connectivity index (χ1v) is 8.33. The van der Waals surface area contributed by atoms with Crippen LogP contribution in [0.2, 0.25) is 0 Å². The van der Waals surface area contributed by atoms with Crippen LogP contribution >= 0.6 is 0 Å². The zero-order valence-electron chi connectivity index (χ0n) is 11.9. The molecule has 1 aliphatic heterocycles. The molecule has 0 amide bonds. The van der Waals surface area contributed by atoms with Gasteiger partial charge in [-0.15, -0.1) is 0 Å². The molecule has 21 heavy (non-hydrogen) atoms. The number of hydrogen-bond donors (Lipinski definition) is 1. The summed E-state index contributed by atoms with van der Waals surface area (Å²) in [4.78, 5) is 12.1. The van der Waals surface area contributed by atoms with Crippen LogP contribution in [0.3, 0.4) is 0 Å². The summed E-state index contributed by atoms with van der Waals surface area (Å²) in [7, 11) is -1.83. The van der Waals surface area contributed by atoms with Gasteiger partial charge in [-0.25, -0.2) is 13.1 Å². The smallest absolute Gasteiger partial charge is 0.289 e. The molecule has 2 rings (SSSR count). The Morgan fingerprint density at radius 1 is 1.43 bits per heavy atom. The van der Waals surface area contributed by atoms with E-state index in [0.29, 0.717) is 12.5 Å². The van der Waals surface area contributed by atoms with Gasteiger partial charge in [0.2, 0.25) is 10.0 Å². The molecule has 0 spiro atoms. The molecule has 0 aromatic heterocycles. The van der Waals surface area contributed by atoms with E-state index in [-0.39, 0.29) is 11.4 Å². The number of rotatable bonds is 6. The van der Waals surface area contributed by atoms with Crippen molar-refractivity contribution in [2.75, 3.05) is 20.1 Å². The monoisotopic (exact) mass is 313 g/mol. The second-order valence-corrected chi connectivity index (χ2v) is 6.92. The normalized spacial score (nSPS) is 19.8. The van der Waals surface area contributed by atoms with Crippen LogP contribution in [-0.4, -0.2) is 44.4 Å². The summed E-state index contributed by atoms with van der Waals surface area (Å²) in [5, 5.41) is 10.9. The summed E-state index contributed by atoms with van der Waals surface area (Å²) < 4.78 is 26.8. The van der Waals surface area contributed by atoms with Crippen LogP contribution in [0.5, 0.6) is 0 Å². The van der Waals surface area contributed by atoms with Gasteiger partial charge in [-0.2, -0.15) is 0 Å². The molecule has 1 N–H and O–H groups in total. The third-order valence-corrected chi connectivity index (χ3v) is 5.30. The second-order valence-electron chi connectivity index (χ2n) is 5.19. The van der Waals surface area contributed by atoms with Crippen molar-refractivity contribution in [3.63, 3.8) is 0 Å². The Labute approximate surface area is 124 Å². The van der Waals surface area contributed by atoms with Crippen LogP contribution in [-0.2, 0) is 10.0 Å². The van der Waals surface area contributed by atoms with Gasteiger partial charge in [0.25, 0.3) is 5.69 Å². The zero-order valence-corrected chi connectivity index (χ0v) is 12.7. The number of benzene rings is 1. The van der Waals surface area contributed by atoms with Crippen molar-refractivity contribution in [3.8, 4) is 0 Å². The highest BCUT2D eigenvalue weighted by Gasteiger charge is 2.26. The summed E-state index contributed by atoms with van der Waals surface area (Å²) >= 11 is 0. The molecule has 1 unspecified atom stereocenters. The summed E-state index contributed by atoms with van der Waals surface area (Å²) in [6.07, 6.45) is 2.89. The molecule has 1 aromatic rings. The third kappa shape index (κ3) is 3.78. The molecule has 1 heterocycles. The molecule has 1 aliphatic rings. The topological polar surface area (TPSA) is 92.6 Å². The number of para-hydroxylation sites is 1. The minimum atomic E-state index is -3.86. The van der Waals surface area contributed by atoms with E-state index in [4.69, 9.17) is 0 Å². The van der Waals surface area contributed by atoms with E-state index in [1.54, 1.807) is 0 Å². The maximum atomic E-state index is 12.2. The fraction of sp³-hybridized carbons (Fsp3) is 0.538. The first-order chi connectivity index (χ1) is 9.92. The van der Waals surface area contributed by atoms with Gasteiger partial charge in [-0.05, 0) is 38.9 Å². The van der Waals surface area contributed by atoms with Gasteiger partial charge < -0.3 is 4.90 Å².